The standard InChI is InChI=1S/C16H25N3O/c17-10-6-9-16(20)18-13-15(19-11-4-5-12-19)14-7-2-1-3-8-14/h1-3,7-8,15H,4-6,9-13,17H2,(H,18,20). The quantitative estimate of drug-likeness (QED) is 0.796. The first-order valence-electron chi connectivity index (χ1n) is 7.57. The number of carbonyl (C=O) groups excluding carboxylic acids is 1. The molecule has 3 N–H and O–H groups in total. The van der Waals surface area contributed by atoms with E-state index in [-0.39, 0.29) is 5.91 Å². The largest absolute Gasteiger partial charge is 0.354 e. The van der Waals surface area contributed by atoms with Crippen LogP contribution in [0.4, 0.5) is 0 Å². The van der Waals surface area contributed by atoms with Crippen LogP contribution in [0.2, 0.25) is 0 Å². The van der Waals surface area contributed by atoms with E-state index in [1.54, 1.807) is 0 Å². The maximum absolute atomic E-state index is 11.8. The van der Waals surface area contributed by atoms with Crippen molar-refractivity contribution in [2.45, 2.75) is 31.7 Å². The zero-order chi connectivity index (χ0) is 14.2. The van der Waals surface area contributed by atoms with Crippen molar-refractivity contribution >= 4 is 5.91 Å². The van der Waals surface area contributed by atoms with Crippen molar-refractivity contribution in [1.29, 1.82) is 0 Å². The molecule has 1 amide bonds. The molecule has 1 aliphatic heterocycles. The highest BCUT2D eigenvalue weighted by atomic mass is 16.1. The number of amides is 1. The molecule has 4 nitrogen and oxygen atoms in total. The second-order valence-corrected chi connectivity index (χ2v) is 5.37. The van der Waals surface area contributed by atoms with Crippen molar-refractivity contribution < 1.29 is 4.79 Å². The topological polar surface area (TPSA) is 58.4 Å². The lowest BCUT2D eigenvalue weighted by Gasteiger charge is -2.28. The molecule has 1 fully saturated rings. The molecule has 20 heavy (non-hydrogen) atoms. The van der Waals surface area contributed by atoms with E-state index in [2.05, 4.69) is 34.5 Å². The van der Waals surface area contributed by atoms with Crippen LogP contribution in [-0.4, -0.2) is 37.0 Å². The van der Waals surface area contributed by atoms with Crippen molar-refractivity contribution in [3.8, 4) is 0 Å². The van der Waals surface area contributed by atoms with Crippen LogP contribution < -0.4 is 11.1 Å². The fraction of sp³-hybridized carbons (Fsp3) is 0.562. The summed E-state index contributed by atoms with van der Waals surface area (Å²) in [4.78, 5) is 14.2. The van der Waals surface area contributed by atoms with Gasteiger partial charge in [-0.05, 0) is 44.5 Å². The average Bonchev–Trinajstić information content (AvgIpc) is 3.00. The molecule has 0 aliphatic carbocycles. The Balaban J connectivity index is 1.95. The number of hydrogen-bond donors (Lipinski definition) is 2. The van der Waals surface area contributed by atoms with Gasteiger partial charge in [0.25, 0.3) is 0 Å². The first-order valence-corrected chi connectivity index (χ1v) is 7.57. The molecular formula is C16H25N3O. The van der Waals surface area contributed by atoms with E-state index in [9.17, 15) is 4.79 Å². The summed E-state index contributed by atoms with van der Waals surface area (Å²) in [5.74, 6) is 0.107. The summed E-state index contributed by atoms with van der Waals surface area (Å²) in [6.07, 6.45) is 3.79. The van der Waals surface area contributed by atoms with Gasteiger partial charge in [0, 0.05) is 13.0 Å². The second-order valence-electron chi connectivity index (χ2n) is 5.37. The molecule has 1 saturated heterocycles. The molecule has 110 valence electrons. The number of carbonyl (C=O) groups is 1. The molecule has 1 aliphatic rings. The molecule has 1 unspecified atom stereocenters. The van der Waals surface area contributed by atoms with Gasteiger partial charge in [-0.3, -0.25) is 9.69 Å². The number of hydrogen-bond acceptors (Lipinski definition) is 3. The highest BCUT2D eigenvalue weighted by molar-refractivity contribution is 5.75. The molecule has 1 aromatic rings. The van der Waals surface area contributed by atoms with Gasteiger partial charge in [0.15, 0.2) is 0 Å². The van der Waals surface area contributed by atoms with E-state index in [0.29, 0.717) is 25.6 Å². The minimum atomic E-state index is 0.107. The van der Waals surface area contributed by atoms with E-state index >= 15 is 0 Å². The Bertz CT molecular complexity index is 401. The summed E-state index contributed by atoms with van der Waals surface area (Å²) in [7, 11) is 0. The zero-order valence-electron chi connectivity index (χ0n) is 12.1. The fourth-order valence-electron chi connectivity index (χ4n) is 2.75. The van der Waals surface area contributed by atoms with Gasteiger partial charge in [0.2, 0.25) is 5.91 Å². The molecule has 0 saturated carbocycles. The summed E-state index contributed by atoms with van der Waals surface area (Å²) < 4.78 is 0. The van der Waals surface area contributed by atoms with E-state index in [4.69, 9.17) is 5.73 Å². The van der Waals surface area contributed by atoms with Crippen LogP contribution in [-0.2, 0) is 4.79 Å². The Morgan fingerprint density at radius 1 is 1.25 bits per heavy atom. The summed E-state index contributed by atoms with van der Waals surface area (Å²) in [6.45, 7) is 3.51. The smallest absolute Gasteiger partial charge is 0.220 e. The highest BCUT2D eigenvalue weighted by Crippen LogP contribution is 2.24. The summed E-state index contributed by atoms with van der Waals surface area (Å²) in [5.41, 5.74) is 6.72. The summed E-state index contributed by atoms with van der Waals surface area (Å²) in [5, 5.41) is 3.06. The Labute approximate surface area is 121 Å². The third-order valence-electron chi connectivity index (χ3n) is 3.87. The molecular weight excluding hydrogens is 250 g/mol. The van der Waals surface area contributed by atoms with Crippen LogP contribution >= 0.6 is 0 Å². The van der Waals surface area contributed by atoms with Crippen LogP contribution in [0.5, 0.6) is 0 Å². The van der Waals surface area contributed by atoms with Gasteiger partial charge in [-0.2, -0.15) is 0 Å². The van der Waals surface area contributed by atoms with Gasteiger partial charge in [0.05, 0.1) is 6.04 Å². The van der Waals surface area contributed by atoms with Gasteiger partial charge in [0.1, 0.15) is 0 Å². The van der Waals surface area contributed by atoms with Crippen molar-refractivity contribution in [3.05, 3.63) is 35.9 Å². The van der Waals surface area contributed by atoms with Gasteiger partial charge in [-0.15, -0.1) is 0 Å². The Kier molecular flexibility index (Phi) is 6.02. The molecule has 1 aromatic carbocycles. The van der Waals surface area contributed by atoms with E-state index < -0.39 is 0 Å². The normalized spacial score (nSPS) is 17.1. The first kappa shape index (κ1) is 15.0. The molecule has 0 spiro atoms. The van der Waals surface area contributed by atoms with E-state index in [0.717, 1.165) is 19.5 Å². The van der Waals surface area contributed by atoms with Gasteiger partial charge >= 0.3 is 0 Å². The molecule has 1 atom stereocenters. The van der Waals surface area contributed by atoms with E-state index in [1.807, 2.05) is 6.07 Å². The molecule has 1 heterocycles. The molecule has 2 rings (SSSR count). The SMILES string of the molecule is NCCCC(=O)NCC(c1ccccc1)N1CCCC1. The maximum Gasteiger partial charge on any atom is 0.220 e. The lowest BCUT2D eigenvalue weighted by atomic mass is 10.1. The van der Waals surface area contributed by atoms with Crippen molar-refractivity contribution in [3.63, 3.8) is 0 Å². The van der Waals surface area contributed by atoms with Crippen LogP contribution in [0.25, 0.3) is 0 Å². The monoisotopic (exact) mass is 275 g/mol. The highest BCUT2D eigenvalue weighted by Gasteiger charge is 2.23. The molecule has 0 bridgehead atoms. The van der Waals surface area contributed by atoms with Crippen LogP contribution in [0.15, 0.2) is 30.3 Å². The predicted molar refractivity (Wildman–Crippen MR) is 81.3 cm³/mol. The Morgan fingerprint density at radius 2 is 1.95 bits per heavy atom. The van der Waals surface area contributed by atoms with Crippen molar-refractivity contribution in [2.75, 3.05) is 26.2 Å². The number of benzene rings is 1. The number of nitrogens with zero attached hydrogens (tertiary/aromatic N) is 1. The van der Waals surface area contributed by atoms with Crippen LogP contribution in [0.3, 0.4) is 0 Å². The first-order chi connectivity index (χ1) is 9.81. The number of likely N-dealkylation sites (tertiary alicyclic amines) is 1. The molecule has 0 radical (unpaired) electrons. The number of nitrogens with two attached hydrogens (primary N) is 1. The number of nitrogens with one attached hydrogen (secondary N) is 1. The van der Waals surface area contributed by atoms with Crippen LogP contribution in [0.1, 0.15) is 37.3 Å². The van der Waals surface area contributed by atoms with Crippen molar-refractivity contribution in [2.24, 2.45) is 5.73 Å². The third kappa shape index (κ3) is 4.32. The van der Waals surface area contributed by atoms with E-state index in [1.165, 1.54) is 18.4 Å². The van der Waals surface area contributed by atoms with Crippen molar-refractivity contribution in [1.82, 2.24) is 10.2 Å². The zero-order valence-corrected chi connectivity index (χ0v) is 12.1. The maximum atomic E-state index is 11.8. The third-order valence-corrected chi connectivity index (χ3v) is 3.87. The Hall–Kier alpha value is -1.39. The summed E-state index contributed by atoms with van der Waals surface area (Å²) >= 11 is 0. The second kappa shape index (κ2) is 8.02. The van der Waals surface area contributed by atoms with Crippen LogP contribution in [0, 0.1) is 0 Å². The number of rotatable bonds is 7. The lowest BCUT2D eigenvalue weighted by molar-refractivity contribution is -0.121. The van der Waals surface area contributed by atoms with Gasteiger partial charge in [-0.25, -0.2) is 0 Å². The minimum absolute atomic E-state index is 0.107. The van der Waals surface area contributed by atoms with Gasteiger partial charge < -0.3 is 11.1 Å². The molecule has 0 aromatic heterocycles. The Morgan fingerprint density at radius 3 is 2.60 bits per heavy atom. The molecule has 4 heteroatoms. The summed E-state index contributed by atoms with van der Waals surface area (Å²) in [6, 6.07) is 10.7. The fourth-order valence-corrected chi connectivity index (χ4v) is 2.75. The predicted octanol–water partition coefficient (Wildman–Crippen LogP) is 1.68. The average molecular weight is 275 g/mol. The minimum Gasteiger partial charge on any atom is -0.354 e. The van der Waals surface area contributed by atoms with Gasteiger partial charge in [-0.1, -0.05) is 30.3 Å². The lowest BCUT2D eigenvalue weighted by Crippen LogP contribution is -2.36.